The molecule has 0 fully saturated rings. The zero-order chi connectivity index (χ0) is 20.3. The van der Waals surface area contributed by atoms with E-state index in [0.29, 0.717) is 16.9 Å². The van der Waals surface area contributed by atoms with Gasteiger partial charge in [0.25, 0.3) is 15.9 Å². The van der Waals surface area contributed by atoms with Gasteiger partial charge < -0.3 is 5.32 Å². The van der Waals surface area contributed by atoms with Crippen LogP contribution in [-0.2, 0) is 10.0 Å². The van der Waals surface area contributed by atoms with E-state index >= 15 is 0 Å². The van der Waals surface area contributed by atoms with E-state index in [0.717, 1.165) is 16.7 Å². The standard InChI is InChI=1S/C22H22N2O3S/c1-15-9-12-20(17(3)13-15)24-28(26,27)19-11-10-16(2)21(14-19)23-22(25)18-7-5-4-6-8-18/h4-14,24H,1-3H3,(H,23,25). The van der Waals surface area contributed by atoms with Crippen LogP contribution in [0.2, 0.25) is 0 Å². The van der Waals surface area contributed by atoms with E-state index < -0.39 is 10.0 Å². The summed E-state index contributed by atoms with van der Waals surface area (Å²) in [6, 6.07) is 19.0. The third-order valence-corrected chi connectivity index (χ3v) is 5.79. The lowest BCUT2D eigenvalue weighted by atomic mass is 10.1. The zero-order valence-corrected chi connectivity index (χ0v) is 16.8. The second-order valence-corrected chi connectivity index (χ2v) is 8.40. The molecule has 0 aliphatic heterocycles. The first-order chi connectivity index (χ1) is 13.3. The maximum Gasteiger partial charge on any atom is 0.261 e. The van der Waals surface area contributed by atoms with Crippen molar-refractivity contribution < 1.29 is 13.2 Å². The van der Waals surface area contributed by atoms with Gasteiger partial charge in [0.2, 0.25) is 0 Å². The predicted octanol–water partition coefficient (Wildman–Crippen LogP) is 4.66. The number of aryl methyl sites for hydroxylation is 3. The largest absolute Gasteiger partial charge is 0.322 e. The highest BCUT2D eigenvalue weighted by atomic mass is 32.2. The number of anilines is 2. The van der Waals surface area contributed by atoms with Crippen LogP contribution in [0.1, 0.15) is 27.0 Å². The lowest BCUT2D eigenvalue weighted by molar-refractivity contribution is 0.102. The Labute approximate surface area is 165 Å². The van der Waals surface area contributed by atoms with Crippen molar-refractivity contribution in [3.8, 4) is 0 Å². The van der Waals surface area contributed by atoms with Crippen molar-refractivity contribution in [1.82, 2.24) is 0 Å². The van der Waals surface area contributed by atoms with Crippen LogP contribution in [0.5, 0.6) is 0 Å². The Kier molecular flexibility index (Phi) is 5.51. The molecule has 28 heavy (non-hydrogen) atoms. The van der Waals surface area contributed by atoms with E-state index in [9.17, 15) is 13.2 Å². The number of amides is 1. The monoisotopic (exact) mass is 394 g/mol. The van der Waals surface area contributed by atoms with Crippen LogP contribution in [0.25, 0.3) is 0 Å². The summed E-state index contributed by atoms with van der Waals surface area (Å²) < 4.78 is 28.3. The predicted molar refractivity (Wildman–Crippen MR) is 112 cm³/mol. The van der Waals surface area contributed by atoms with Crippen LogP contribution in [0.4, 0.5) is 11.4 Å². The number of nitrogens with one attached hydrogen (secondary N) is 2. The quantitative estimate of drug-likeness (QED) is 0.661. The van der Waals surface area contributed by atoms with E-state index in [1.54, 1.807) is 36.4 Å². The number of hydrogen-bond acceptors (Lipinski definition) is 3. The summed E-state index contributed by atoms with van der Waals surface area (Å²) in [5.74, 6) is -0.291. The van der Waals surface area contributed by atoms with Crippen molar-refractivity contribution in [3.05, 3.63) is 89.0 Å². The van der Waals surface area contributed by atoms with Gasteiger partial charge in [-0.2, -0.15) is 0 Å². The molecular weight excluding hydrogens is 372 g/mol. The van der Waals surface area contributed by atoms with Crippen LogP contribution in [0, 0.1) is 20.8 Å². The van der Waals surface area contributed by atoms with Crippen molar-refractivity contribution in [2.75, 3.05) is 10.0 Å². The van der Waals surface area contributed by atoms with Crippen LogP contribution in [0.15, 0.2) is 71.6 Å². The molecule has 3 rings (SSSR count). The summed E-state index contributed by atoms with van der Waals surface area (Å²) in [7, 11) is -3.79. The number of carbonyl (C=O) groups is 1. The number of sulfonamides is 1. The first-order valence-corrected chi connectivity index (χ1v) is 10.3. The van der Waals surface area contributed by atoms with Crippen molar-refractivity contribution in [3.63, 3.8) is 0 Å². The van der Waals surface area contributed by atoms with Gasteiger partial charge in [0.1, 0.15) is 0 Å². The van der Waals surface area contributed by atoms with E-state index in [-0.39, 0.29) is 10.8 Å². The molecule has 1 amide bonds. The number of hydrogen-bond donors (Lipinski definition) is 2. The average Bonchev–Trinajstić information content (AvgIpc) is 2.66. The molecule has 0 aliphatic rings. The zero-order valence-electron chi connectivity index (χ0n) is 16.0. The maximum absolute atomic E-state index is 12.8. The van der Waals surface area contributed by atoms with E-state index in [1.165, 1.54) is 12.1 Å². The Morgan fingerprint density at radius 3 is 2.18 bits per heavy atom. The lowest BCUT2D eigenvalue weighted by Crippen LogP contribution is -2.16. The van der Waals surface area contributed by atoms with Crippen molar-refractivity contribution in [2.45, 2.75) is 25.7 Å². The third kappa shape index (κ3) is 4.40. The molecule has 5 nitrogen and oxygen atoms in total. The minimum atomic E-state index is -3.79. The minimum Gasteiger partial charge on any atom is -0.322 e. The molecule has 0 unspecified atom stereocenters. The fraction of sp³-hybridized carbons (Fsp3) is 0.136. The molecule has 0 heterocycles. The molecule has 144 valence electrons. The molecule has 0 aromatic heterocycles. The number of carbonyl (C=O) groups excluding carboxylic acids is 1. The smallest absolute Gasteiger partial charge is 0.261 e. The molecule has 0 saturated heterocycles. The Bertz CT molecular complexity index is 1120. The Balaban J connectivity index is 1.88. The Morgan fingerprint density at radius 1 is 0.786 bits per heavy atom. The van der Waals surface area contributed by atoms with Gasteiger partial charge in [-0.25, -0.2) is 8.42 Å². The summed E-state index contributed by atoms with van der Waals surface area (Å²) in [5.41, 5.74) is 4.16. The topological polar surface area (TPSA) is 75.3 Å². The third-order valence-electron chi connectivity index (χ3n) is 4.43. The molecule has 3 aromatic carbocycles. The molecule has 3 aromatic rings. The number of benzene rings is 3. The van der Waals surface area contributed by atoms with Crippen molar-refractivity contribution >= 4 is 27.3 Å². The first kappa shape index (κ1) is 19.6. The summed E-state index contributed by atoms with van der Waals surface area (Å²) >= 11 is 0. The molecule has 0 saturated carbocycles. The van der Waals surface area contributed by atoms with E-state index in [1.807, 2.05) is 39.0 Å². The fourth-order valence-corrected chi connectivity index (χ4v) is 3.98. The van der Waals surface area contributed by atoms with Crippen LogP contribution in [-0.4, -0.2) is 14.3 Å². The molecule has 0 atom stereocenters. The Morgan fingerprint density at radius 2 is 1.50 bits per heavy atom. The first-order valence-electron chi connectivity index (χ1n) is 8.83. The lowest BCUT2D eigenvalue weighted by Gasteiger charge is -2.14. The highest BCUT2D eigenvalue weighted by Crippen LogP contribution is 2.24. The molecular formula is C22H22N2O3S. The maximum atomic E-state index is 12.8. The molecule has 0 radical (unpaired) electrons. The summed E-state index contributed by atoms with van der Waals surface area (Å²) in [6.07, 6.45) is 0. The molecule has 0 spiro atoms. The summed E-state index contributed by atoms with van der Waals surface area (Å²) in [6.45, 7) is 5.62. The normalized spacial score (nSPS) is 11.1. The van der Waals surface area contributed by atoms with Crippen LogP contribution < -0.4 is 10.0 Å². The van der Waals surface area contributed by atoms with Gasteiger partial charge in [-0.05, 0) is 62.2 Å². The number of rotatable bonds is 5. The van der Waals surface area contributed by atoms with Gasteiger partial charge in [-0.3, -0.25) is 9.52 Å². The second kappa shape index (κ2) is 7.86. The van der Waals surface area contributed by atoms with Crippen LogP contribution in [0.3, 0.4) is 0 Å². The highest BCUT2D eigenvalue weighted by molar-refractivity contribution is 7.92. The molecule has 6 heteroatoms. The molecule has 2 N–H and O–H groups in total. The average molecular weight is 394 g/mol. The van der Waals surface area contributed by atoms with Gasteiger partial charge in [0.15, 0.2) is 0 Å². The highest BCUT2D eigenvalue weighted by Gasteiger charge is 2.17. The minimum absolute atomic E-state index is 0.0847. The summed E-state index contributed by atoms with van der Waals surface area (Å²) in [5, 5.41) is 2.79. The molecule has 0 aliphatic carbocycles. The molecule has 0 bridgehead atoms. The van der Waals surface area contributed by atoms with Gasteiger partial charge >= 0.3 is 0 Å². The van der Waals surface area contributed by atoms with Crippen molar-refractivity contribution in [1.29, 1.82) is 0 Å². The van der Waals surface area contributed by atoms with Gasteiger partial charge in [-0.15, -0.1) is 0 Å². The van der Waals surface area contributed by atoms with Crippen molar-refractivity contribution in [2.24, 2.45) is 0 Å². The second-order valence-electron chi connectivity index (χ2n) is 6.72. The van der Waals surface area contributed by atoms with Gasteiger partial charge in [0, 0.05) is 11.3 Å². The van der Waals surface area contributed by atoms with Gasteiger partial charge in [-0.1, -0.05) is 42.0 Å². The SMILES string of the molecule is Cc1ccc(NS(=O)(=O)c2ccc(C)c(NC(=O)c3ccccc3)c2)c(C)c1. The van der Waals surface area contributed by atoms with Crippen LogP contribution >= 0.6 is 0 Å². The summed E-state index contributed by atoms with van der Waals surface area (Å²) in [4.78, 5) is 12.5. The van der Waals surface area contributed by atoms with Gasteiger partial charge in [0.05, 0.1) is 10.6 Å². The Hall–Kier alpha value is -3.12. The van der Waals surface area contributed by atoms with E-state index in [4.69, 9.17) is 0 Å². The van der Waals surface area contributed by atoms with E-state index in [2.05, 4.69) is 10.0 Å². The fourth-order valence-electron chi connectivity index (χ4n) is 2.82.